The van der Waals surface area contributed by atoms with Crippen molar-refractivity contribution in [2.24, 2.45) is 5.92 Å². The molecule has 0 atom stereocenters. The lowest BCUT2D eigenvalue weighted by Crippen LogP contribution is -2.41. The van der Waals surface area contributed by atoms with Gasteiger partial charge >= 0.3 is 13.1 Å². The maximum absolute atomic E-state index is 12.0. The van der Waals surface area contributed by atoms with Crippen molar-refractivity contribution in [3.8, 4) is 5.75 Å². The van der Waals surface area contributed by atoms with Crippen LogP contribution in [0.1, 0.15) is 65.4 Å². The van der Waals surface area contributed by atoms with Crippen LogP contribution in [0.5, 0.6) is 5.75 Å². The fraction of sp³-hybridized carbons (Fsp3) is 0.483. The van der Waals surface area contributed by atoms with Crippen molar-refractivity contribution in [1.29, 1.82) is 0 Å². The number of ether oxygens (including phenoxy) is 2. The maximum Gasteiger partial charge on any atom is 0.498 e. The first kappa shape index (κ1) is 26.3. The van der Waals surface area contributed by atoms with E-state index in [9.17, 15) is 4.79 Å². The molecule has 1 aliphatic rings. The molecule has 0 bridgehead atoms. The van der Waals surface area contributed by atoms with Crippen LogP contribution in [0.15, 0.2) is 46.9 Å². The lowest BCUT2D eigenvalue weighted by atomic mass is 9.77. The lowest BCUT2D eigenvalue weighted by molar-refractivity contribution is -0.142. The van der Waals surface area contributed by atoms with Crippen LogP contribution in [-0.2, 0) is 38.3 Å². The summed E-state index contributed by atoms with van der Waals surface area (Å²) in [6.45, 7) is 15.0. The van der Waals surface area contributed by atoms with Gasteiger partial charge in [-0.2, -0.15) is 0 Å². The minimum atomic E-state index is -0.549. The minimum absolute atomic E-state index is 0.169. The summed E-state index contributed by atoms with van der Waals surface area (Å²) < 4.78 is 30.4. The minimum Gasteiger partial charge on any atom is -0.489 e. The molecule has 0 radical (unpaired) electrons. The Kier molecular flexibility index (Phi) is 7.53. The van der Waals surface area contributed by atoms with Crippen molar-refractivity contribution in [1.82, 2.24) is 0 Å². The number of carbonyl (C=O) groups is 1. The van der Waals surface area contributed by atoms with Crippen LogP contribution < -0.4 is 10.2 Å². The molecule has 1 aromatic heterocycles. The first-order valence-electron chi connectivity index (χ1n) is 12.8. The van der Waals surface area contributed by atoms with E-state index in [1.165, 1.54) is 0 Å². The average Bonchev–Trinajstić information content (AvgIpc) is 3.28. The van der Waals surface area contributed by atoms with Gasteiger partial charge in [-0.15, -0.1) is 0 Å². The first-order valence-corrected chi connectivity index (χ1v) is 12.8. The average molecular weight is 492 g/mol. The second-order valence-electron chi connectivity index (χ2n) is 10.9. The van der Waals surface area contributed by atoms with E-state index in [0.29, 0.717) is 24.9 Å². The van der Waals surface area contributed by atoms with Crippen LogP contribution in [0.3, 0.4) is 0 Å². The highest BCUT2D eigenvalue weighted by Gasteiger charge is 2.52. The van der Waals surface area contributed by atoms with Crippen molar-refractivity contribution in [2.45, 2.75) is 79.1 Å². The van der Waals surface area contributed by atoms with Crippen LogP contribution in [0, 0.1) is 5.92 Å². The van der Waals surface area contributed by atoms with Crippen molar-refractivity contribution in [3.05, 3.63) is 59.4 Å². The van der Waals surface area contributed by atoms with Crippen LogP contribution >= 0.6 is 0 Å². The molecule has 1 aliphatic heterocycles. The third kappa shape index (κ3) is 5.63. The Morgan fingerprint density at radius 1 is 1.03 bits per heavy atom. The Morgan fingerprint density at radius 2 is 1.72 bits per heavy atom. The van der Waals surface area contributed by atoms with Gasteiger partial charge in [0.05, 0.1) is 24.2 Å². The van der Waals surface area contributed by atoms with Gasteiger partial charge in [0.25, 0.3) is 0 Å². The van der Waals surface area contributed by atoms with E-state index in [-0.39, 0.29) is 12.4 Å². The summed E-state index contributed by atoms with van der Waals surface area (Å²) in [7, 11) is -0.549. The van der Waals surface area contributed by atoms with Crippen molar-refractivity contribution < 1.29 is 28.0 Å². The fourth-order valence-electron chi connectivity index (χ4n) is 4.35. The summed E-state index contributed by atoms with van der Waals surface area (Å²) >= 11 is 0. The number of para-hydroxylation sites is 1. The number of carbonyl (C=O) groups excluding carboxylic acids is 1. The zero-order valence-corrected chi connectivity index (χ0v) is 22.5. The van der Waals surface area contributed by atoms with Gasteiger partial charge < -0.3 is 23.2 Å². The van der Waals surface area contributed by atoms with Gasteiger partial charge in [-0.1, -0.05) is 38.1 Å². The molecule has 2 heterocycles. The second-order valence-corrected chi connectivity index (χ2v) is 10.9. The molecule has 1 saturated heterocycles. The van der Waals surface area contributed by atoms with Gasteiger partial charge in [0, 0.05) is 22.8 Å². The third-order valence-electron chi connectivity index (χ3n) is 6.88. The summed E-state index contributed by atoms with van der Waals surface area (Å²) in [5, 5.41) is 0.997. The predicted molar refractivity (Wildman–Crippen MR) is 142 cm³/mol. The van der Waals surface area contributed by atoms with Crippen molar-refractivity contribution >= 4 is 29.5 Å². The van der Waals surface area contributed by atoms with Gasteiger partial charge in [0.2, 0.25) is 0 Å². The van der Waals surface area contributed by atoms with E-state index >= 15 is 0 Å². The third-order valence-corrected chi connectivity index (χ3v) is 6.88. The SMILES string of the molecule is CCOC(=O)Cc1ccccc1OCc1cc(B2OC(C)(C)C(C)(C)O2)c2oc(CC(C)C)cc2c1. The van der Waals surface area contributed by atoms with Gasteiger partial charge in [-0.3, -0.25) is 4.79 Å². The molecule has 0 unspecified atom stereocenters. The van der Waals surface area contributed by atoms with Crippen molar-refractivity contribution in [2.75, 3.05) is 6.61 Å². The van der Waals surface area contributed by atoms with E-state index in [4.69, 9.17) is 23.2 Å². The summed E-state index contributed by atoms with van der Waals surface area (Å²) in [6, 6.07) is 13.8. The molecule has 0 saturated carbocycles. The molecule has 0 amide bonds. The monoisotopic (exact) mass is 492 g/mol. The molecule has 192 valence electrons. The second kappa shape index (κ2) is 10.3. The fourth-order valence-corrected chi connectivity index (χ4v) is 4.35. The Balaban J connectivity index is 1.65. The van der Waals surface area contributed by atoms with Crippen LogP contribution in [0.2, 0.25) is 0 Å². The normalized spacial score (nSPS) is 16.6. The molecule has 0 spiro atoms. The lowest BCUT2D eigenvalue weighted by Gasteiger charge is -2.32. The van der Waals surface area contributed by atoms with Gasteiger partial charge in [0.15, 0.2) is 0 Å². The topological polar surface area (TPSA) is 67.1 Å². The van der Waals surface area contributed by atoms with E-state index < -0.39 is 18.3 Å². The summed E-state index contributed by atoms with van der Waals surface area (Å²) in [5.74, 6) is 1.81. The summed E-state index contributed by atoms with van der Waals surface area (Å²) in [5.41, 5.74) is 2.49. The maximum atomic E-state index is 12.0. The highest BCUT2D eigenvalue weighted by Crippen LogP contribution is 2.37. The van der Waals surface area contributed by atoms with Gasteiger partial charge in [0.1, 0.15) is 23.7 Å². The number of benzene rings is 2. The summed E-state index contributed by atoms with van der Waals surface area (Å²) in [6.07, 6.45) is 1.02. The molecule has 36 heavy (non-hydrogen) atoms. The Morgan fingerprint density at radius 3 is 2.39 bits per heavy atom. The molecule has 2 aromatic carbocycles. The highest BCUT2D eigenvalue weighted by atomic mass is 16.7. The highest BCUT2D eigenvalue weighted by molar-refractivity contribution is 6.64. The van der Waals surface area contributed by atoms with E-state index in [1.807, 2.05) is 58.0 Å². The molecular weight excluding hydrogens is 455 g/mol. The van der Waals surface area contributed by atoms with E-state index in [0.717, 1.165) is 39.7 Å². The van der Waals surface area contributed by atoms with Crippen LogP contribution in [0.4, 0.5) is 0 Å². The molecular formula is C29H37BO6. The zero-order valence-electron chi connectivity index (χ0n) is 22.5. The quantitative estimate of drug-likeness (QED) is 0.286. The van der Waals surface area contributed by atoms with Crippen molar-refractivity contribution in [3.63, 3.8) is 0 Å². The Labute approximate surface area is 214 Å². The Hall–Kier alpha value is -2.77. The number of hydrogen-bond acceptors (Lipinski definition) is 6. The molecule has 7 heteroatoms. The summed E-state index contributed by atoms with van der Waals surface area (Å²) in [4.78, 5) is 12.0. The number of rotatable bonds is 9. The molecule has 3 aromatic rings. The van der Waals surface area contributed by atoms with Crippen LogP contribution in [0.25, 0.3) is 11.0 Å². The molecule has 6 nitrogen and oxygen atoms in total. The smallest absolute Gasteiger partial charge is 0.489 e. The first-order chi connectivity index (χ1) is 17.0. The van der Waals surface area contributed by atoms with Gasteiger partial charge in [-0.05, 0) is 64.3 Å². The standard InChI is InChI=1S/C29H37BO6/c1-8-32-26(31)17-21-11-9-10-12-25(21)33-18-20-14-22-16-23(13-19(2)3)34-27(22)24(15-20)30-35-28(4,5)29(6,7)36-30/h9-12,14-16,19H,8,13,17-18H2,1-7H3. The van der Waals surface area contributed by atoms with E-state index in [1.54, 1.807) is 6.92 Å². The molecule has 0 N–H and O–H groups in total. The van der Waals surface area contributed by atoms with Crippen LogP contribution in [-0.4, -0.2) is 30.9 Å². The number of esters is 1. The number of hydrogen-bond donors (Lipinski definition) is 0. The predicted octanol–water partition coefficient (Wildman–Crippen LogP) is 5.62. The van der Waals surface area contributed by atoms with Gasteiger partial charge in [-0.25, -0.2) is 0 Å². The zero-order chi connectivity index (χ0) is 26.1. The largest absolute Gasteiger partial charge is 0.498 e. The van der Waals surface area contributed by atoms with E-state index in [2.05, 4.69) is 26.0 Å². The molecule has 0 aliphatic carbocycles. The number of furan rings is 1. The Bertz CT molecular complexity index is 1210. The molecule has 1 fully saturated rings. The molecule has 4 rings (SSSR count). The number of fused-ring (bicyclic) bond motifs is 1.